The Morgan fingerprint density at radius 3 is 2.76 bits per heavy atom. The van der Waals surface area contributed by atoms with Crippen LogP contribution in [0.4, 0.5) is 5.69 Å². The number of hydrogen-bond donors (Lipinski definition) is 3. The molecule has 0 atom stereocenters. The number of hydrogen-bond acceptors (Lipinski definition) is 4. The van der Waals surface area contributed by atoms with Crippen LogP contribution in [-0.2, 0) is 4.79 Å². The molecule has 1 aromatic heterocycles. The molecule has 6 nitrogen and oxygen atoms in total. The molecule has 6 heteroatoms. The van der Waals surface area contributed by atoms with Gasteiger partial charge in [-0.15, -0.1) is 0 Å². The molecule has 0 saturated heterocycles. The third-order valence-electron chi connectivity index (χ3n) is 3.37. The Labute approximate surface area is 121 Å². The molecule has 1 aliphatic rings. The lowest BCUT2D eigenvalue weighted by Gasteiger charge is -2.12. The van der Waals surface area contributed by atoms with Crippen LogP contribution in [0, 0.1) is 0 Å². The van der Waals surface area contributed by atoms with Crippen molar-refractivity contribution in [2.24, 2.45) is 0 Å². The Balaban J connectivity index is 1.88. The first-order valence-electron chi connectivity index (χ1n) is 6.79. The number of pyridine rings is 1. The van der Waals surface area contributed by atoms with Crippen molar-refractivity contribution in [2.45, 2.75) is 18.9 Å². The van der Waals surface area contributed by atoms with E-state index >= 15 is 0 Å². The quantitative estimate of drug-likeness (QED) is 0.776. The largest absolute Gasteiger partial charge is 0.478 e. The van der Waals surface area contributed by atoms with Crippen LogP contribution in [0.15, 0.2) is 30.5 Å². The van der Waals surface area contributed by atoms with Crippen molar-refractivity contribution in [3.63, 3.8) is 0 Å². The lowest BCUT2D eigenvalue weighted by atomic mass is 10.1. The SMILES string of the molecule is O=C(CNc1c(C(=O)O)cnc2ccccc12)NC1CC1. The minimum atomic E-state index is -1.07. The van der Waals surface area contributed by atoms with Gasteiger partial charge in [0.15, 0.2) is 0 Å². The summed E-state index contributed by atoms with van der Waals surface area (Å²) in [5, 5.41) is 15.8. The standard InChI is InChI=1S/C15H15N3O3/c19-13(18-9-5-6-9)8-17-14-10-3-1-2-4-12(10)16-7-11(14)15(20)21/h1-4,7,9H,5-6,8H2,(H,16,17)(H,18,19)(H,20,21). The molecule has 0 spiro atoms. The molecule has 1 heterocycles. The highest BCUT2D eigenvalue weighted by atomic mass is 16.4. The molecule has 21 heavy (non-hydrogen) atoms. The Morgan fingerprint density at radius 1 is 1.29 bits per heavy atom. The van der Waals surface area contributed by atoms with Crippen LogP contribution in [0.3, 0.4) is 0 Å². The number of benzene rings is 1. The molecule has 3 rings (SSSR count). The van der Waals surface area contributed by atoms with Gasteiger partial charge in [-0.2, -0.15) is 0 Å². The van der Waals surface area contributed by atoms with E-state index < -0.39 is 5.97 Å². The zero-order valence-corrected chi connectivity index (χ0v) is 11.3. The van der Waals surface area contributed by atoms with E-state index in [2.05, 4.69) is 15.6 Å². The Kier molecular flexibility index (Phi) is 3.43. The van der Waals surface area contributed by atoms with Crippen molar-refractivity contribution in [1.82, 2.24) is 10.3 Å². The van der Waals surface area contributed by atoms with E-state index in [-0.39, 0.29) is 24.1 Å². The second-order valence-corrected chi connectivity index (χ2v) is 5.06. The summed E-state index contributed by atoms with van der Waals surface area (Å²) in [5.41, 5.74) is 1.18. The van der Waals surface area contributed by atoms with Gasteiger partial charge in [0.1, 0.15) is 5.56 Å². The van der Waals surface area contributed by atoms with Gasteiger partial charge in [0.05, 0.1) is 17.7 Å². The summed E-state index contributed by atoms with van der Waals surface area (Å²) in [6.45, 7) is 0.0464. The van der Waals surface area contributed by atoms with Crippen LogP contribution in [0.2, 0.25) is 0 Å². The number of amides is 1. The fourth-order valence-corrected chi connectivity index (χ4v) is 2.17. The number of para-hydroxylation sites is 1. The number of anilines is 1. The average Bonchev–Trinajstić information content (AvgIpc) is 3.28. The fourth-order valence-electron chi connectivity index (χ4n) is 2.17. The Hall–Kier alpha value is -2.63. The number of aromatic nitrogens is 1. The molecule has 0 bridgehead atoms. The van der Waals surface area contributed by atoms with Gasteiger partial charge in [-0.05, 0) is 18.9 Å². The van der Waals surface area contributed by atoms with Gasteiger partial charge in [0.2, 0.25) is 5.91 Å². The first kappa shape index (κ1) is 13.4. The van der Waals surface area contributed by atoms with Gasteiger partial charge < -0.3 is 15.7 Å². The lowest BCUT2D eigenvalue weighted by Crippen LogP contribution is -2.31. The number of aromatic carboxylic acids is 1. The van der Waals surface area contributed by atoms with Crippen molar-refractivity contribution in [3.8, 4) is 0 Å². The van der Waals surface area contributed by atoms with Gasteiger partial charge in [0, 0.05) is 17.6 Å². The number of carbonyl (C=O) groups is 2. The molecular formula is C15H15N3O3. The van der Waals surface area contributed by atoms with Gasteiger partial charge in [-0.3, -0.25) is 9.78 Å². The monoisotopic (exact) mass is 285 g/mol. The van der Waals surface area contributed by atoms with Gasteiger partial charge in [-0.25, -0.2) is 4.79 Å². The third kappa shape index (κ3) is 2.94. The molecule has 108 valence electrons. The summed E-state index contributed by atoms with van der Waals surface area (Å²) in [7, 11) is 0. The smallest absolute Gasteiger partial charge is 0.339 e. The maximum atomic E-state index is 11.7. The fraction of sp³-hybridized carbons (Fsp3) is 0.267. The number of carboxylic acid groups (broad SMARTS) is 1. The van der Waals surface area contributed by atoms with Gasteiger partial charge in [0.25, 0.3) is 0 Å². The maximum Gasteiger partial charge on any atom is 0.339 e. The molecule has 0 unspecified atom stereocenters. The predicted octanol–water partition coefficient (Wildman–Crippen LogP) is 1.62. The summed E-state index contributed by atoms with van der Waals surface area (Å²) in [6.07, 6.45) is 3.35. The van der Waals surface area contributed by atoms with Crippen LogP contribution >= 0.6 is 0 Å². The molecule has 3 N–H and O–H groups in total. The van der Waals surface area contributed by atoms with Crippen molar-refractivity contribution < 1.29 is 14.7 Å². The molecule has 0 aliphatic heterocycles. The zero-order valence-electron chi connectivity index (χ0n) is 11.3. The lowest BCUT2D eigenvalue weighted by molar-refractivity contribution is -0.119. The van der Waals surface area contributed by atoms with Crippen LogP contribution in [0.25, 0.3) is 10.9 Å². The van der Waals surface area contributed by atoms with Crippen molar-refractivity contribution in [2.75, 3.05) is 11.9 Å². The number of nitrogens with zero attached hydrogens (tertiary/aromatic N) is 1. The first-order valence-corrected chi connectivity index (χ1v) is 6.79. The molecule has 1 amide bonds. The van der Waals surface area contributed by atoms with Crippen LogP contribution in [0.1, 0.15) is 23.2 Å². The van der Waals surface area contributed by atoms with Gasteiger partial charge in [-0.1, -0.05) is 18.2 Å². The van der Waals surface area contributed by atoms with E-state index in [1.165, 1.54) is 6.20 Å². The van der Waals surface area contributed by atoms with Crippen LogP contribution in [0.5, 0.6) is 0 Å². The number of fused-ring (bicyclic) bond motifs is 1. The summed E-state index contributed by atoms with van der Waals surface area (Å²) in [4.78, 5) is 27.2. The normalized spacial score (nSPS) is 13.9. The van der Waals surface area contributed by atoms with E-state index in [1.54, 1.807) is 12.1 Å². The molecule has 1 aromatic carbocycles. The van der Waals surface area contributed by atoms with Crippen LogP contribution in [-0.4, -0.2) is 34.6 Å². The topological polar surface area (TPSA) is 91.3 Å². The van der Waals surface area contributed by atoms with Crippen LogP contribution < -0.4 is 10.6 Å². The highest BCUT2D eigenvalue weighted by Gasteiger charge is 2.23. The Bertz CT molecular complexity index is 710. The Morgan fingerprint density at radius 2 is 2.05 bits per heavy atom. The van der Waals surface area contributed by atoms with E-state index in [1.807, 2.05) is 12.1 Å². The molecule has 1 saturated carbocycles. The van der Waals surface area contributed by atoms with Crippen molar-refractivity contribution >= 4 is 28.5 Å². The van der Waals surface area contributed by atoms with E-state index in [4.69, 9.17) is 0 Å². The van der Waals surface area contributed by atoms with Gasteiger partial charge >= 0.3 is 5.97 Å². The highest BCUT2D eigenvalue weighted by molar-refractivity contribution is 6.04. The number of carboxylic acids is 1. The second kappa shape index (κ2) is 5.40. The summed E-state index contributed by atoms with van der Waals surface area (Å²) in [6, 6.07) is 7.52. The van der Waals surface area contributed by atoms with E-state index in [0.717, 1.165) is 12.8 Å². The van der Waals surface area contributed by atoms with E-state index in [0.29, 0.717) is 16.6 Å². The minimum absolute atomic E-state index is 0.0464. The number of rotatable bonds is 5. The maximum absolute atomic E-state index is 11.7. The van der Waals surface area contributed by atoms with Crippen molar-refractivity contribution in [1.29, 1.82) is 0 Å². The molecule has 0 radical (unpaired) electrons. The molecule has 1 fully saturated rings. The first-order chi connectivity index (χ1) is 10.1. The minimum Gasteiger partial charge on any atom is -0.478 e. The van der Waals surface area contributed by atoms with Crippen molar-refractivity contribution in [3.05, 3.63) is 36.0 Å². The second-order valence-electron chi connectivity index (χ2n) is 5.06. The summed E-state index contributed by atoms with van der Waals surface area (Å²) in [5.74, 6) is -1.20. The zero-order chi connectivity index (χ0) is 14.8. The third-order valence-corrected chi connectivity index (χ3v) is 3.37. The highest BCUT2D eigenvalue weighted by Crippen LogP contribution is 2.25. The number of carbonyl (C=O) groups excluding carboxylic acids is 1. The predicted molar refractivity (Wildman–Crippen MR) is 78.4 cm³/mol. The summed E-state index contributed by atoms with van der Waals surface area (Å²) < 4.78 is 0. The number of nitrogens with one attached hydrogen (secondary N) is 2. The molecular weight excluding hydrogens is 270 g/mol. The summed E-state index contributed by atoms with van der Waals surface area (Å²) >= 11 is 0. The molecule has 2 aromatic rings. The molecule has 1 aliphatic carbocycles. The average molecular weight is 285 g/mol. The van der Waals surface area contributed by atoms with E-state index in [9.17, 15) is 14.7 Å².